The van der Waals surface area contributed by atoms with Crippen LogP contribution in [0.4, 0.5) is 0 Å². The number of guanidine groups is 1. The highest BCUT2D eigenvalue weighted by Crippen LogP contribution is 1.99. The van der Waals surface area contributed by atoms with Gasteiger partial charge < -0.3 is 15.4 Å². The zero-order valence-electron chi connectivity index (χ0n) is 14.8. The molecule has 0 bridgehead atoms. The van der Waals surface area contributed by atoms with Gasteiger partial charge in [-0.1, -0.05) is 19.9 Å². The molecule has 0 radical (unpaired) electrons. The topological polar surface area (TPSA) is 58.5 Å². The van der Waals surface area contributed by atoms with E-state index in [0.717, 1.165) is 50.1 Å². The van der Waals surface area contributed by atoms with Gasteiger partial charge in [0.2, 0.25) is 0 Å². The Bertz CT molecular complexity index is 452. The summed E-state index contributed by atoms with van der Waals surface area (Å²) in [6.45, 7) is 12.3. The summed E-state index contributed by atoms with van der Waals surface area (Å²) in [4.78, 5) is 9.02. The molecule has 0 aliphatic carbocycles. The third-order valence-corrected chi connectivity index (χ3v) is 2.90. The van der Waals surface area contributed by atoms with Crippen LogP contribution >= 0.6 is 24.0 Å². The molecule has 1 rings (SSSR count). The molecule has 0 saturated heterocycles. The van der Waals surface area contributed by atoms with E-state index in [1.807, 2.05) is 25.1 Å². The molecular weight excluding hydrogens is 403 g/mol. The minimum Gasteiger partial charge on any atom is -0.381 e. The summed E-state index contributed by atoms with van der Waals surface area (Å²) in [5.41, 5.74) is 2.01. The number of aliphatic imine (C=N–C) groups is 1. The second kappa shape index (κ2) is 13.5. The summed E-state index contributed by atoms with van der Waals surface area (Å²) in [7, 11) is 0. The summed E-state index contributed by atoms with van der Waals surface area (Å²) in [6.07, 6.45) is 0.972. The first-order chi connectivity index (χ1) is 10.6. The lowest BCUT2D eigenvalue weighted by Gasteiger charge is -2.12. The van der Waals surface area contributed by atoms with Crippen molar-refractivity contribution in [2.45, 2.75) is 40.7 Å². The molecule has 1 heterocycles. The summed E-state index contributed by atoms with van der Waals surface area (Å²) in [6, 6.07) is 6.01. The summed E-state index contributed by atoms with van der Waals surface area (Å²) < 4.78 is 5.57. The molecule has 0 aliphatic rings. The minimum absolute atomic E-state index is 0. The minimum atomic E-state index is 0. The van der Waals surface area contributed by atoms with E-state index in [0.29, 0.717) is 12.5 Å². The fourth-order valence-corrected chi connectivity index (χ4v) is 1.89. The number of hydrogen-bond donors (Lipinski definition) is 2. The lowest BCUT2D eigenvalue weighted by Crippen LogP contribution is -2.38. The molecule has 0 spiro atoms. The van der Waals surface area contributed by atoms with Crippen molar-refractivity contribution in [1.29, 1.82) is 0 Å². The molecule has 0 amide bonds. The van der Waals surface area contributed by atoms with Crippen LogP contribution in [0.5, 0.6) is 0 Å². The van der Waals surface area contributed by atoms with Crippen molar-refractivity contribution < 1.29 is 4.74 Å². The zero-order valence-corrected chi connectivity index (χ0v) is 17.1. The first kappa shape index (κ1) is 22.1. The van der Waals surface area contributed by atoms with Crippen LogP contribution < -0.4 is 10.6 Å². The SMILES string of the molecule is CCNC(=NCc1cccc(C)n1)NCCCOCC(C)C.I. The molecule has 5 nitrogen and oxygen atoms in total. The van der Waals surface area contributed by atoms with Crippen molar-refractivity contribution in [3.8, 4) is 0 Å². The van der Waals surface area contributed by atoms with Gasteiger partial charge in [-0.25, -0.2) is 4.99 Å². The Morgan fingerprint density at radius 2 is 2.09 bits per heavy atom. The fourth-order valence-electron chi connectivity index (χ4n) is 1.89. The Morgan fingerprint density at radius 3 is 2.74 bits per heavy atom. The average Bonchev–Trinajstić information content (AvgIpc) is 2.48. The van der Waals surface area contributed by atoms with Crippen molar-refractivity contribution in [1.82, 2.24) is 15.6 Å². The smallest absolute Gasteiger partial charge is 0.191 e. The molecule has 2 N–H and O–H groups in total. The number of pyridine rings is 1. The van der Waals surface area contributed by atoms with Gasteiger partial charge in [-0.05, 0) is 38.3 Å². The Balaban J connectivity index is 0.00000484. The van der Waals surface area contributed by atoms with E-state index in [1.165, 1.54) is 0 Å². The van der Waals surface area contributed by atoms with Crippen molar-refractivity contribution in [3.05, 3.63) is 29.6 Å². The number of hydrogen-bond acceptors (Lipinski definition) is 3. The van der Waals surface area contributed by atoms with Gasteiger partial charge in [0.15, 0.2) is 5.96 Å². The summed E-state index contributed by atoms with van der Waals surface area (Å²) in [5, 5.41) is 6.57. The lowest BCUT2D eigenvalue weighted by molar-refractivity contribution is 0.108. The van der Waals surface area contributed by atoms with E-state index in [2.05, 4.69) is 41.4 Å². The number of ether oxygens (including phenoxy) is 1. The van der Waals surface area contributed by atoms with Crippen LogP contribution in [0.1, 0.15) is 38.6 Å². The lowest BCUT2D eigenvalue weighted by atomic mass is 10.2. The van der Waals surface area contributed by atoms with Gasteiger partial charge in [0.1, 0.15) is 0 Å². The molecule has 0 unspecified atom stereocenters. The van der Waals surface area contributed by atoms with Gasteiger partial charge in [0, 0.05) is 32.0 Å². The maximum absolute atomic E-state index is 5.57. The quantitative estimate of drug-likeness (QED) is 0.272. The van der Waals surface area contributed by atoms with Gasteiger partial charge in [0.25, 0.3) is 0 Å². The van der Waals surface area contributed by atoms with Crippen LogP contribution in [0, 0.1) is 12.8 Å². The van der Waals surface area contributed by atoms with Crippen LogP contribution in [0.3, 0.4) is 0 Å². The molecule has 0 atom stereocenters. The van der Waals surface area contributed by atoms with Crippen molar-refractivity contribution in [3.63, 3.8) is 0 Å². The standard InChI is InChI=1S/C17H30N4O.HI/c1-5-18-17(19-10-7-11-22-13-14(2)3)20-12-16-9-6-8-15(4)21-16;/h6,8-9,14H,5,7,10-13H2,1-4H3,(H2,18,19,20);1H. The van der Waals surface area contributed by atoms with E-state index in [9.17, 15) is 0 Å². The van der Waals surface area contributed by atoms with E-state index >= 15 is 0 Å². The van der Waals surface area contributed by atoms with E-state index in [1.54, 1.807) is 0 Å². The van der Waals surface area contributed by atoms with Crippen LogP contribution in [-0.4, -0.2) is 37.2 Å². The maximum Gasteiger partial charge on any atom is 0.191 e. The molecular formula is C17H31IN4O. The highest BCUT2D eigenvalue weighted by Gasteiger charge is 1.99. The van der Waals surface area contributed by atoms with Crippen molar-refractivity contribution in [2.24, 2.45) is 10.9 Å². The zero-order chi connectivity index (χ0) is 16.2. The van der Waals surface area contributed by atoms with Gasteiger partial charge in [0.05, 0.1) is 12.2 Å². The molecule has 1 aromatic heterocycles. The van der Waals surface area contributed by atoms with Crippen molar-refractivity contribution in [2.75, 3.05) is 26.3 Å². The first-order valence-corrected chi connectivity index (χ1v) is 8.14. The number of nitrogens with one attached hydrogen (secondary N) is 2. The van der Waals surface area contributed by atoms with Gasteiger partial charge in [-0.2, -0.15) is 0 Å². The molecule has 0 aliphatic heterocycles. The third kappa shape index (κ3) is 11.3. The molecule has 1 aromatic rings. The number of aromatic nitrogens is 1. The van der Waals surface area contributed by atoms with E-state index in [-0.39, 0.29) is 24.0 Å². The molecule has 132 valence electrons. The molecule has 23 heavy (non-hydrogen) atoms. The average molecular weight is 434 g/mol. The Labute approximate surface area is 157 Å². The predicted molar refractivity (Wildman–Crippen MR) is 107 cm³/mol. The first-order valence-electron chi connectivity index (χ1n) is 8.14. The Hall–Kier alpha value is -0.890. The largest absolute Gasteiger partial charge is 0.381 e. The second-order valence-corrected chi connectivity index (χ2v) is 5.71. The summed E-state index contributed by atoms with van der Waals surface area (Å²) in [5.74, 6) is 1.42. The van der Waals surface area contributed by atoms with Crippen LogP contribution in [0.25, 0.3) is 0 Å². The van der Waals surface area contributed by atoms with Crippen LogP contribution in [0.15, 0.2) is 23.2 Å². The number of halogens is 1. The van der Waals surface area contributed by atoms with Crippen molar-refractivity contribution >= 4 is 29.9 Å². The van der Waals surface area contributed by atoms with Gasteiger partial charge in [-0.15, -0.1) is 24.0 Å². The predicted octanol–water partition coefficient (Wildman–Crippen LogP) is 3.13. The Kier molecular flexibility index (Phi) is 13.0. The number of nitrogens with zero attached hydrogens (tertiary/aromatic N) is 2. The summed E-state index contributed by atoms with van der Waals surface area (Å²) >= 11 is 0. The monoisotopic (exact) mass is 434 g/mol. The second-order valence-electron chi connectivity index (χ2n) is 5.71. The number of aryl methyl sites for hydroxylation is 1. The Morgan fingerprint density at radius 1 is 1.30 bits per heavy atom. The molecule has 0 aromatic carbocycles. The molecule has 6 heteroatoms. The maximum atomic E-state index is 5.57. The van der Waals surface area contributed by atoms with Crippen LogP contribution in [0.2, 0.25) is 0 Å². The van der Waals surface area contributed by atoms with E-state index < -0.39 is 0 Å². The van der Waals surface area contributed by atoms with E-state index in [4.69, 9.17) is 4.74 Å². The fraction of sp³-hybridized carbons (Fsp3) is 0.647. The number of rotatable bonds is 9. The highest BCUT2D eigenvalue weighted by molar-refractivity contribution is 14.0. The van der Waals surface area contributed by atoms with Gasteiger partial charge in [-0.3, -0.25) is 4.98 Å². The third-order valence-electron chi connectivity index (χ3n) is 2.90. The normalized spacial score (nSPS) is 11.3. The molecule has 0 saturated carbocycles. The molecule has 0 fully saturated rings. The van der Waals surface area contributed by atoms with Crippen LogP contribution in [-0.2, 0) is 11.3 Å². The van der Waals surface area contributed by atoms with Gasteiger partial charge >= 0.3 is 0 Å². The highest BCUT2D eigenvalue weighted by atomic mass is 127.